The van der Waals surface area contributed by atoms with Crippen molar-refractivity contribution in [2.24, 2.45) is 17.6 Å². The number of aromatic hydroxyl groups is 2. The summed E-state index contributed by atoms with van der Waals surface area (Å²) in [6.45, 7) is 1.60. The van der Waals surface area contributed by atoms with Crippen molar-refractivity contribution < 1.29 is 49.8 Å². The molecule has 3 aliphatic rings. The van der Waals surface area contributed by atoms with Crippen LogP contribution in [0.3, 0.4) is 0 Å². The minimum absolute atomic E-state index is 0.00204. The number of hydrogen-bond acceptors (Lipinski definition) is 11. The van der Waals surface area contributed by atoms with Crippen LogP contribution in [-0.2, 0) is 19.2 Å². The largest absolute Gasteiger partial charge is 0.508 e. The lowest BCUT2D eigenvalue weighted by Gasteiger charge is -2.53. The van der Waals surface area contributed by atoms with Gasteiger partial charge in [0, 0.05) is 11.5 Å². The minimum atomic E-state index is -3.03. The van der Waals surface area contributed by atoms with E-state index in [9.17, 15) is 49.8 Å². The van der Waals surface area contributed by atoms with Crippen LogP contribution in [0.1, 0.15) is 34.4 Å². The molecule has 1 fully saturated rings. The Morgan fingerprint density at radius 1 is 1.05 bits per heavy atom. The number of aliphatic hydroxyl groups excluding tert-OH is 3. The Labute approximate surface area is 259 Å². The number of phenolic OH excluding ortho intramolecular Hbond substituents is 2. The number of nitrogens with two attached hydrogens (primary N) is 1. The molecule has 0 radical (unpaired) electrons. The summed E-state index contributed by atoms with van der Waals surface area (Å²) in [6, 6.07) is 7.24. The molecule has 0 heterocycles. The van der Waals surface area contributed by atoms with E-state index < -0.39 is 92.1 Å². The fourth-order valence-electron chi connectivity index (χ4n) is 6.71. The fourth-order valence-corrected chi connectivity index (χ4v) is 7.13. The molecule has 0 saturated heterocycles. The van der Waals surface area contributed by atoms with Gasteiger partial charge in [-0.3, -0.25) is 24.1 Å². The smallest absolute Gasteiger partial charge is 0.255 e. The van der Waals surface area contributed by atoms with Crippen LogP contribution >= 0.6 is 15.9 Å². The van der Waals surface area contributed by atoms with Gasteiger partial charge in [-0.25, -0.2) is 0 Å². The SMILES string of the molecule is CC1c2ccc(NC(=O)C(Br)c3ccc(O)cc3)c(O)c2C(O)=C2C(=O)C3(O)C(O)=C(C(N)=O)C(=O)[C@@H](N(C)C)C3C(O)C21. The number of amides is 2. The molecule has 2 aromatic carbocycles. The molecule has 7 atom stereocenters. The lowest BCUT2D eigenvalue weighted by molar-refractivity contribution is -0.169. The molecule has 0 aliphatic heterocycles. The molecule has 14 heteroatoms. The van der Waals surface area contributed by atoms with Crippen LogP contribution in [0.15, 0.2) is 53.3 Å². The van der Waals surface area contributed by atoms with Gasteiger partial charge in [-0.05, 0) is 49.3 Å². The highest BCUT2D eigenvalue weighted by Crippen LogP contribution is 2.56. The summed E-state index contributed by atoms with van der Waals surface area (Å²) < 4.78 is 0. The molecule has 2 aromatic rings. The third-order valence-corrected chi connectivity index (χ3v) is 9.75. The van der Waals surface area contributed by atoms with E-state index in [2.05, 4.69) is 21.2 Å². The first-order valence-electron chi connectivity index (χ1n) is 13.5. The van der Waals surface area contributed by atoms with E-state index in [1.165, 1.54) is 55.4 Å². The molecule has 1 saturated carbocycles. The van der Waals surface area contributed by atoms with E-state index in [-0.39, 0.29) is 17.0 Å². The number of ketones is 2. The molecule has 0 aromatic heterocycles. The lowest BCUT2D eigenvalue weighted by atomic mass is 9.54. The molecule has 3 aliphatic carbocycles. The predicted octanol–water partition coefficient (Wildman–Crippen LogP) is 1.28. The molecule has 0 spiro atoms. The van der Waals surface area contributed by atoms with Crippen molar-refractivity contribution in [2.45, 2.75) is 35.4 Å². The molecule has 44 heavy (non-hydrogen) atoms. The normalized spacial score (nSPS) is 28.8. The Bertz CT molecular complexity index is 1680. The number of hydrogen-bond donors (Lipinski definition) is 8. The van der Waals surface area contributed by atoms with Gasteiger partial charge in [0.2, 0.25) is 11.7 Å². The Morgan fingerprint density at radius 2 is 1.66 bits per heavy atom. The number of Topliss-reactive ketones (excluding diaryl/α,β-unsaturated/α-hetero) is 2. The summed E-state index contributed by atoms with van der Waals surface area (Å²) in [5.74, 6) is -10.7. The molecule has 232 valence electrons. The van der Waals surface area contributed by atoms with E-state index in [1.807, 2.05) is 0 Å². The van der Waals surface area contributed by atoms with Crippen molar-refractivity contribution in [2.75, 3.05) is 19.4 Å². The van der Waals surface area contributed by atoms with Crippen LogP contribution < -0.4 is 11.1 Å². The molecule has 2 amide bonds. The van der Waals surface area contributed by atoms with Crippen molar-refractivity contribution in [3.05, 3.63) is 70.0 Å². The van der Waals surface area contributed by atoms with Gasteiger partial charge in [-0.15, -0.1) is 0 Å². The number of nitrogens with zero attached hydrogens (tertiary/aromatic N) is 1. The first-order valence-corrected chi connectivity index (χ1v) is 14.4. The Kier molecular flexibility index (Phi) is 7.61. The van der Waals surface area contributed by atoms with E-state index in [0.717, 1.165) is 0 Å². The van der Waals surface area contributed by atoms with Crippen LogP contribution in [0.4, 0.5) is 5.69 Å². The lowest BCUT2D eigenvalue weighted by Crippen LogP contribution is -2.70. The number of benzene rings is 2. The van der Waals surface area contributed by atoms with Crippen LogP contribution in [0.5, 0.6) is 11.5 Å². The third kappa shape index (κ3) is 4.31. The molecule has 13 nitrogen and oxygen atoms in total. The zero-order valence-electron chi connectivity index (χ0n) is 23.6. The highest BCUT2D eigenvalue weighted by molar-refractivity contribution is 9.09. The highest BCUT2D eigenvalue weighted by Gasteiger charge is 2.68. The summed E-state index contributed by atoms with van der Waals surface area (Å²) in [6.07, 6.45) is -1.72. The topological polar surface area (TPSA) is 231 Å². The van der Waals surface area contributed by atoms with Crippen molar-refractivity contribution in [1.29, 1.82) is 0 Å². The van der Waals surface area contributed by atoms with Gasteiger partial charge in [-0.2, -0.15) is 0 Å². The number of carbonyl (C=O) groups excluding carboxylic acids is 4. The van der Waals surface area contributed by atoms with E-state index in [0.29, 0.717) is 11.1 Å². The van der Waals surface area contributed by atoms with E-state index in [1.54, 1.807) is 6.92 Å². The number of alkyl halides is 1. The second-order valence-electron chi connectivity index (χ2n) is 11.4. The van der Waals surface area contributed by atoms with Crippen LogP contribution in [0.25, 0.3) is 5.76 Å². The molecular formula is C30H30BrN3O10. The maximum absolute atomic E-state index is 14.1. The average Bonchev–Trinajstić information content (AvgIpc) is 2.95. The molecule has 9 N–H and O–H groups in total. The number of carbonyl (C=O) groups is 4. The number of nitrogens with one attached hydrogen (secondary N) is 1. The minimum Gasteiger partial charge on any atom is -0.508 e. The first-order chi connectivity index (χ1) is 20.5. The summed E-state index contributed by atoms with van der Waals surface area (Å²) in [7, 11) is 2.85. The number of primary amides is 1. The number of aliphatic hydroxyl groups is 4. The quantitative estimate of drug-likeness (QED) is 0.128. The standard InChI is InChI=1S/C30H30BrN3O10/c1-10-13-8-9-14(33-29(43)20(31)11-4-6-12(35)7-5-11)22(36)16(13)23(37)17-15(10)24(38)19-21(34(2)3)25(39)18(28(32)42)27(41)30(19,44)26(17)40/h4-10,15,19-21,24,35-38,41,44H,1-3H3,(H2,32,42)(H,33,43)/t10?,15?,19?,20?,21-,24?,30?/m0/s1. The van der Waals surface area contributed by atoms with Gasteiger partial charge in [0.1, 0.15) is 33.4 Å². The number of fused-ring (bicyclic) bond motifs is 3. The monoisotopic (exact) mass is 671 g/mol. The summed E-state index contributed by atoms with van der Waals surface area (Å²) >= 11 is 3.27. The Morgan fingerprint density at radius 3 is 2.23 bits per heavy atom. The second-order valence-corrected chi connectivity index (χ2v) is 12.3. The highest BCUT2D eigenvalue weighted by atomic mass is 79.9. The van der Waals surface area contributed by atoms with Gasteiger partial charge in [0.05, 0.1) is 29.3 Å². The fraction of sp³-hybridized carbons (Fsp3) is 0.333. The Balaban J connectivity index is 1.63. The Hall–Kier alpha value is -4.24. The van der Waals surface area contributed by atoms with Crippen molar-refractivity contribution in [1.82, 2.24) is 4.90 Å². The number of anilines is 1. The van der Waals surface area contributed by atoms with Crippen molar-refractivity contribution in [3.63, 3.8) is 0 Å². The number of rotatable bonds is 5. The van der Waals surface area contributed by atoms with Gasteiger partial charge in [0.15, 0.2) is 11.4 Å². The van der Waals surface area contributed by atoms with Gasteiger partial charge in [0.25, 0.3) is 5.91 Å². The molecule has 5 rings (SSSR count). The molecular weight excluding hydrogens is 642 g/mol. The van der Waals surface area contributed by atoms with E-state index >= 15 is 0 Å². The predicted molar refractivity (Wildman–Crippen MR) is 159 cm³/mol. The van der Waals surface area contributed by atoms with Gasteiger partial charge < -0.3 is 41.7 Å². The van der Waals surface area contributed by atoms with Gasteiger partial charge in [-0.1, -0.05) is 41.1 Å². The average molecular weight is 672 g/mol. The van der Waals surface area contributed by atoms with Crippen molar-refractivity contribution in [3.8, 4) is 11.5 Å². The van der Waals surface area contributed by atoms with Gasteiger partial charge >= 0.3 is 0 Å². The molecule has 6 unspecified atom stereocenters. The summed E-state index contributed by atoms with van der Waals surface area (Å²) in [4.78, 5) is 52.9. The maximum atomic E-state index is 14.1. The van der Waals surface area contributed by atoms with Crippen molar-refractivity contribution >= 4 is 50.8 Å². The number of phenols is 2. The third-order valence-electron chi connectivity index (χ3n) is 8.80. The maximum Gasteiger partial charge on any atom is 0.255 e. The zero-order chi connectivity index (χ0) is 32.6. The van der Waals surface area contributed by atoms with Crippen LogP contribution in [-0.4, -0.2) is 90.8 Å². The summed E-state index contributed by atoms with van der Waals surface area (Å²) in [5, 5.41) is 69.2. The first kappa shape index (κ1) is 31.2. The number of likely N-dealkylation sites (N-methyl/N-ethyl adjacent to an activating group) is 1. The van der Waals surface area contributed by atoms with Crippen LogP contribution in [0, 0.1) is 11.8 Å². The number of halogens is 1. The summed E-state index contributed by atoms with van der Waals surface area (Å²) in [5.41, 5.74) is 1.15. The van der Waals surface area contributed by atoms with E-state index in [4.69, 9.17) is 5.73 Å². The molecule has 0 bridgehead atoms. The van der Waals surface area contributed by atoms with Crippen LogP contribution in [0.2, 0.25) is 0 Å². The zero-order valence-corrected chi connectivity index (χ0v) is 25.2. The second kappa shape index (κ2) is 10.7.